The van der Waals surface area contributed by atoms with Crippen molar-refractivity contribution in [2.24, 2.45) is 5.73 Å². The molecule has 1 aliphatic carbocycles. The second-order valence-corrected chi connectivity index (χ2v) is 5.48. The van der Waals surface area contributed by atoms with Gasteiger partial charge in [-0.1, -0.05) is 30.3 Å². The zero-order valence-electron chi connectivity index (χ0n) is 12.4. The van der Waals surface area contributed by atoms with Crippen molar-refractivity contribution in [1.82, 2.24) is 0 Å². The molecule has 0 aliphatic heterocycles. The molecule has 0 atom stereocenters. The summed E-state index contributed by atoms with van der Waals surface area (Å²) in [4.78, 5) is 11.0. The number of carboxylic acid groups (broad SMARTS) is 1. The predicted molar refractivity (Wildman–Crippen MR) is 88.8 cm³/mol. The van der Waals surface area contributed by atoms with Crippen LogP contribution in [0.3, 0.4) is 0 Å². The number of aliphatic carboxylic acids is 1. The van der Waals surface area contributed by atoms with Gasteiger partial charge in [0.15, 0.2) is 0 Å². The van der Waals surface area contributed by atoms with Crippen LogP contribution in [-0.2, 0) is 11.3 Å². The first-order chi connectivity index (χ1) is 11.1. The van der Waals surface area contributed by atoms with E-state index >= 15 is 0 Å². The Bertz CT molecular complexity index is 820. The number of hydrogen-bond donors (Lipinski definition) is 2. The fourth-order valence-electron chi connectivity index (χ4n) is 2.74. The molecule has 0 bridgehead atoms. The fourth-order valence-corrected chi connectivity index (χ4v) is 2.74. The second-order valence-electron chi connectivity index (χ2n) is 5.48. The molecule has 3 N–H and O–H groups in total. The maximum absolute atomic E-state index is 13.5. The van der Waals surface area contributed by atoms with Crippen molar-refractivity contribution in [3.8, 4) is 0 Å². The molecule has 4 heteroatoms. The van der Waals surface area contributed by atoms with Gasteiger partial charge in [-0.3, -0.25) is 4.79 Å². The predicted octanol–water partition coefficient (Wildman–Crippen LogP) is 3.70. The maximum Gasteiger partial charge on any atom is 0.307 e. The van der Waals surface area contributed by atoms with E-state index in [1.165, 1.54) is 12.1 Å². The molecule has 0 saturated heterocycles. The van der Waals surface area contributed by atoms with Gasteiger partial charge in [0.2, 0.25) is 0 Å². The third kappa shape index (κ3) is 3.22. The highest BCUT2D eigenvalue weighted by Gasteiger charge is 2.20. The van der Waals surface area contributed by atoms with Gasteiger partial charge < -0.3 is 10.8 Å². The lowest BCUT2D eigenvalue weighted by atomic mass is 10.0. The number of rotatable bonds is 4. The first-order valence-electron chi connectivity index (χ1n) is 7.30. The molecule has 0 radical (unpaired) electrons. The van der Waals surface area contributed by atoms with Gasteiger partial charge in [-0.15, -0.1) is 0 Å². The SMILES string of the molecule is NCc1ccc(/C=C2\C=C(CC(=O)O)c3cc(F)ccc32)cc1. The molecule has 0 aromatic heterocycles. The molecular formula is C19H16FNO2. The Labute approximate surface area is 133 Å². The molecule has 3 rings (SSSR count). The summed E-state index contributed by atoms with van der Waals surface area (Å²) in [5, 5.41) is 9.04. The standard InChI is InChI=1S/C19H16FNO2/c20-16-5-6-17-14(7-12-1-3-13(11-21)4-2-12)8-15(9-19(22)23)18(17)10-16/h1-8,10H,9,11,21H2,(H,22,23)/b14-7+. The number of halogens is 1. The van der Waals surface area contributed by atoms with Crippen molar-refractivity contribution in [2.75, 3.05) is 0 Å². The zero-order chi connectivity index (χ0) is 16.4. The molecule has 0 spiro atoms. The van der Waals surface area contributed by atoms with Crippen LogP contribution in [0.15, 0.2) is 48.5 Å². The minimum absolute atomic E-state index is 0.125. The lowest BCUT2D eigenvalue weighted by Gasteiger charge is -2.04. The van der Waals surface area contributed by atoms with E-state index in [2.05, 4.69) is 0 Å². The highest BCUT2D eigenvalue weighted by Crippen LogP contribution is 2.38. The molecule has 0 amide bonds. The van der Waals surface area contributed by atoms with Crippen LogP contribution in [0, 0.1) is 5.82 Å². The monoisotopic (exact) mass is 309 g/mol. The number of nitrogens with two attached hydrogens (primary N) is 1. The fraction of sp³-hybridized carbons (Fsp3) is 0.105. The van der Waals surface area contributed by atoms with Crippen molar-refractivity contribution in [3.63, 3.8) is 0 Å². The van der Waals surface area contributed by atoms with E-state index in [9.17, 15) is 9.18 Å². The first-order valence-corrected chi connectivity index (χ1v) is 7.30. The van der Waals surface area contributed by atoms with E-state index < -0.39 is 5.97 Å². The summed E-state index contributed by atoms with van der Waals surface area (Å²) >= 11 is 0. The molecule has 0 heterocycles. The lowest BCUT2D eigenvalue weighted by Crippen LogP contribution is -1.96. The molecule has 3 nitrogen and oxygen atoms in total. The number of hydrogen-bond acceptors (Lipinski definition) is 2. The van der Waals surface area contributed by atoms with Gasteiger partial charge in [0.25, 0.3) is 0 Å². The van der Waals surface area contributed by atoms with Gasteiger partial charge in [0, 0.05) is 6.54 Å². The summed E-state index contributed by atoms with van der Waals surface area (Å²) in [7, 11) is 0. The minimum Gasteiger partial charge on any atom is -0.481 e. The molecule has 2 aromatic carbocycles. The smallest absolute Gasteiger partial charge is 0.307 e. The first kappa shape index (κ1) is 15.2. The summed E-state index contributed by atoms with van der Waals surface area (Å²) in [5.74, 6) is -1.30. The number of fused-ring (bicyclic) bond motifs is 1. The minimum atomic E-state index is -0.931. The average molecular weight is 309 g/mol. The summed E-state index contributed by atoms with van der Waals surface area (Å²) in [6, 6.07) is 12.3. The molecule has 0 fully saturated rings. The highest BCUT2D eigenvalue weighted by molar-refractivity contribution is 6.04. The van der Waals surface area contributed by atoms with E-state index in [0.29, 0.717) is 17.7 Å². The van der Waals surface area contributed by atoms with E-state index in [-0.39, 0.29) is 12.2 Å². The topological polar surface area (TPSA) is 63.3 Å². The molecule has 2 aromatic rings. The van der Waals surface area contributed by atoms with Crippen LogP contribution < -0.4 is 5.73 Å². The number of carbonyl (C=O) groups is 1. The Hall–Kier alpha value is -2.72. The largest absolute Gasteiger partial charge is 0.481 e. The molecule has 0 unspecified atom stereocenters. The van der Waals surface area contributed by atoms with Gasteiger partial charge in [-0.25, -0.2) is 4.39 Å². The quantitative estimate of drug-likeness (QED) is 0.905. The molecule has 23 heavy (non-hydrogen) atoms. The van der Waals surface area contributed by atoms with Crippen LogP contribution in [0.1, 0.15) is 28.7 Å². The van der Waals surface area contributed by atoms with Crippen LogP contribution in [0.25, 0.3) is 17.2 Å². The Balaban J connectivity index is 2.03. The lowest BCUT2D eigenvalue weighted by molar-refractivity contribution is -0.135. The van der Waals surface area contributed by atoms with E-state index in [1.807, 2.05) is 36.4 Å². The Kier molecular flexibility index (Phi) is 4.08. The number of carboxylic acids is 1. The van der Waals surface area contributed by atoms with Crippen molar-refractivity contribution in [3.05, 3.63) is 76.6 Å². The van der Waals surface area contributed by atoms with Crippen molar-refractivity contribution < 1.29 is 14.3 Å². The van der Waals surface area contributed by atoms with Gasteiger partial charge in [0.05, 0.1) is 6.42 Å². The average Bonchev–Trinajstić information content (AvgIpc) is 2.84. The summed E-state index contributed by atoms with van der Waals surface area (Å²) in [6.07, 6.45) is 3.65. The molecule has 116 valence electrons. The van der Waals surface area contributed by atoms with Crippen LogP contribution in [-0.4, -0.2) is 11.1 Å². The van der Waals surface area contributed by atoms with Crippen LogP contribution >= 0.6 is 0 Å². The summed E-state index contributed by atoms with van der Waals surface area (Å²) < 4.78 is 13.5. The second kappa shape index (κ2) is 6.18. The van der Waals surface area contributed by atoms with Gasteiger partial charge in [0.1, 0.15) is 5.82 Å². The third-order valence-corrected chi connectivity index (χ3v) is 3.85. The Morgan fingerprint density at radius 3 is 2.52 bits per heavy atom. The normalized spacial score (nSPS) is 14.7. The number of allylic oxidation sites excluding steroid dienone is 2. The van der Waals surface area contributed by atoms with Gasteiger partial charge in [-0.05, 0) is 57.7 Å². The zero-order valence-corrected chi connectivity index (χ0v) is 12.4. The van der Waals surface area contributed by atoms with E-state index in [0.717, 1.165) is 22.3 Å². The van der Waals surface area contributed by atoms with Crippen molar-refractivity contribution in [2.45, 2.75) is 13.0 Å². The maximum atomic E-state index is 13.5. The van der Waals surface area contributed by atoms with Crippen molar-refractivity contribution >= 4 is 23.2 Å². The van der Waals surface area contributed by atoms with E-state index in [1.54, 1.807) is 6.07 Å². The number of benzene rings is 2. The Morgan fingerprint density at radius 2 is 1.87 bits per heavy atom. The van der Waals surface area contributed by atoms with Crippen LogP contribution in [0.5, 0.6) is 0 Å². The molecular weight excluding hydrogens is 293 g/mol. The molecule has 1 aliphatic rings. The Morgan fingerprint density at radius 1 is 1.13 bits per heavy atom. The summed E-state index contributed by atoms with van der Waals surface area (Å²) in [5.41, 5.74) is 10.6. The van der Waals surface area contributed by atoms with Crippen LogP contribution in [0.4, 0.5) is 4.39 Å². The van der Waals surface area contributed by atoms with Crippen molar-refractivity contribution in [1.29, 1.82) is 0 Å². The van der Waals surface area contributed by atoms with Gasteiger partial charge >= 0.3 is 5.97 Å². The van der Waals surface area contributed by atoms with Gasteiger partial charge in [-0.2, -0.15) is 0 Å². The van der Waals surface area contributed by atoms with E-state index in [4.69, 9.17) is 10.8 Å². The molecule has 0 saturated carbocycles. The van der Waals surface area contributed by atoms with Crippen LogP contribution in [0.2, 0.25) is 0 Å². The highest BCUT2D eigenvalue weighted by atomic mass is 19.1. The summed E-state index contributed by atoms with van der Waals surface area (Å²) in [6.45, 7) is 0.488. The third-order valence-electron chi connectivity index (χ3n) is 3.85.